The molecule has 1 aliphatic rings. The van der Waals surface area contributed by atoms with Crippen LogP contribution in [0.4, 0.5) is 0 Å². The van der Waals surface area contributed by atoms with Crippen LogP contribution in [0.1, 0.15) is 16.8 Å². The third-order valence-corrected chi connectivity index (χ3v) is 4.55. The van der Waals surface area contributed by atoms with Crippen molar-refractivity contribution >= 4 is 33.7 Å². The van der Waals surface area contributed by atoms with Crippen LogP contribution in [-0.4, -0.2) is 28.2 Å². The molecule has 0 fully saturated rings. The average molecular weight is 251 g/mol. The fourth-order valence-corrected chi connectivity index (χ4v) is 3.36. The van der Waals surface area contributed by atoms with E-state index >= 15 is 0 Å². The van der Waals surface area contributed by atoms with Crippen LogP contribution >= 0.6 is 23.5 Å². The lowest BCUT2D eigenvalue weighted by Crippen LogP contribution is -2.06. The van der Waals surface area contributed by atoms with Gasteiger partial charge in [-0.05, 0) is 6.42 Å². The van der Waals surface area contributed by atoms with Crippen LogP contribution in [0.2, 0.25) is 0 Å². The first kappa shape index (κ1) is 11.7. The molecule has 0 amide bonds. The number of aliphatic imine (C=N–C) groups is 1. The zero-order chi connectivity index (χ0) is 11.2. The van der Waals surface area contributed by atoms with E-state index in [0.29, 0.717) is 5.75 Å². The van der Waals surface area contributed by atoms with E-state index in [1.807, 2.05) is 30.3 Å². The molecule has 0 spiro atoms. The van der Waals surface area contributed by atoms with E-state index in [1.165, 1.54) is 0 Å². The fraction of sp³-hybridized carbons (Fsp3) is 0.333. The maximum atomic E-state index is 11.8. The van der Waals surface area contributed by atoms with Gasteiger partial charge in [0.1, 0.15) is 4.38 Å². The van der Waals surface area contributed by atoms with Gasteiger partial charge in [-0.15, -0.1) is 0 Å². The molecule has 84 valence electrons. The van der Waals surface area contributed by atoms with Gasteiger partial charge in [-0.25, -0.2) is 0 Å². The monoisotopic (exact) mass is 251 g/mol. The summed E-state index contributed by atoms with van der Waals surface area (Å²) in [5, 5.41) is 0. The van der Waals surface area contributed by atoms with Crippen molar-refractivity contribution < 1.29 is 4.79 Å². The number of carbonyl (C=O) groups is 1. The molecule has 0 saturated carbocycles. The molecular weight excluding hydrogens is 238 g/mol. The Labute approximate surface area is 104 Å². The van der Waals surface area contributed by atoms with Crippen molar-refractivity contribution in [2.24, 2.45) is 4.99 Å². The minimum atomic E-state index is 0.180. The van der Waals surface area contributed by atoms with Gasteiger partial charge in [0.25, 0.3) is 0 Å². The third-order valence-electron chi connectivity index (χ3n) is 2.19. The number of benzene rings is 1. The zero-order valence-corrected chi connectivity index (χ0v) is 10.5. The Morgan fingerprint density at radius 2 is 2.19 bits per heavy atom. The smallest absolute Gasteiger partial charge is 0.173 e. The predicted molar refractivity (Wildman–Crippen MR) is 72.6 cm³/mol. The quantitative estimate of drug-likeness (QED) is 0.773. The van der Waals surface area contributed by atoms with Gasteiger partial charge >= 0.3 is 0 Å². The average Bonchev–Trinajstić information content (AvgIpc) is 2.38. The van der Waals surface area contributed by atoms with Crippen LogP contribution in [0.5, 0.6) is 0 Å². The second-order valence-electron chi connectivity index (χ2n) is 3.43. The number of carbonyl (C=O) groups excluding carboxylic acids is 1. The third kappa shape index (κ3) is 3.39. The van der Waals surface area contributed by atoms with Gasteiger partial charge in [0, 0.05) is 17.9 Å². The highest BCUT2D eigenvalue weighted by Gasteiger charge is 2.10. The highest BCUT2D eigenvalue weighted by atomic mass is 32.2. The number of ketones is 1. The minimum Gasteiger partial charge on any atom is -0.293 e. The molecule has 0 aliphatic carbocycles. The first-order valence-corrected chi connectivity index (χ1v) is 7.21. The van der Waals surface area contributed by atoms with Crippen LogP contribution in [0.3, 0.4) is 0 Å². The molecule has 0 aromatic heterocycles. The van der Waals surface area contributed by atoms with E-state index in [0.717, 1.165) is 28.7 Å². The van der Waals surface area contributed by atoms with Crippen LogP contribution in [-0.2, 0) is 0 Å². The lowest BCUT2D eigenvalue weighted by Gasteiger charge is -2.09. The normalized spacial score (nSPS) is 15.6. The van der Waals surface area contributed by atoms with E-state index in [-0.39, 0.29) is 5.78 Å². The van der Waals surface area contributed by atoms with Crippen molar-refractivity contribution in [3.05, 3.63) is 35.9 Å². The number of hydrogen-bond acceptors (Lipinski definition) is 4. The molecule has 16 heavy (non-hydrogen) atoms. The lowest BCUT2D eigenvalue weighted by molar-refractivity contribution is 0.102. The van der Waals surface area contributed by atoms with Crippen molar-refractivity contribution in [1.29, 1.82) is 0 Å². The Kier molecular flexibility index (Phi) is 4.48. The van der Waals surface area contributed by atoms with E-state index in [1.54, 1.807) is 23.5 Å². The molecule has 2 nitrogen and oxygen atoms in total. The summed E-state index contributed by atoms with van der Waals surface area (Å²) in [5.41, 5.74) is 0.788. The van der Waals surface area contributed by atoms with E-state index < -0.39 is 0 Å². The largest absolute Gasteiger partial charge is 0.293 e. The van der Waals surface area contributed by atoms with Crippen molar-refractivity contribution in [3.63, 3.8) is 0 Å². The van der Waals surface area contributed by atoms with Crippen LogP contribution in [0.15, 0.2) is 35.3 Å². The first-order chi connectivity index (χ1) is 7.86. The molecule has 1 aliphatic heterocycles. The van der Waals surface area contributed by atoms with Crippen LogP contribution in [0.25, 0.3) is 0 Å². The number of hydrogen-bond donors (Lipinski definition) is 0. The molecule has 4 heteroatoms. The number of thioether (sulfide) groups is 2. The summed E-state index contributed by atoms with van der Waals surface area (Å²) in [5.74, 6) is 1.81. The number of rotatable bonds is 3. The van der Waals surface area contributed by atoms with E-state index in [9.17, 15) is 4.79 Å². The molecule has 0 N–H and O–H groups in total. The van der Waals surface area contributed by atoms with Crippen molar-refractivity contribution in [2.75, 3.05) is 18.1 Å². The molecule has 1 heterocycles. The topological polar surface area (TPSA) is 29.4 Å². The van der Waals surface area contributed by atoms with Crippen molar-refractivity contribution in [1.82, 2.24) is 0 Å². The molecule has 0 atom stereocenters. The van der Waals surface area contributed by atoms with Crippen LogP contribution < -0.4 is 0 Å². The molecule has 1 aromatic rings. The van der Waals surface area contributed by atoms with Gasteiger partial charge in [0.15, 0.2) is 5.78 Å². The first-order valence-electron chi connectivity index (χ1n) is 5.24. The standard InChI is InChI=1S/C12H13NOS2/c14-11(10-5-2-1-3-6-10)9-16-12-13-7-4-8-15-12/h1-3,5-6H,4,7-9H2. The van der Waals surface area contributed by atoms with Gasteiger partial charge in [0.05, 0.1) is 5.75 Å². The highest BCUT2D eigenvalue weighted by Crippen LogP contribution is 2.22. The van der Waals surface area contributed by atoms with Gasteiger partial charge in [0.2, 0.25) is 0 Å². The highest BCUT2D eigenvalue weighted by molar-refractivity contribution is 8.39. The van der Waals surface area contributed by atoms with Gasteiger partial charge < -0.3 is 0 Å². The summed E-state index contributed by atoms with van der Waals surface area (Å²) in [6, 6.07) is 9.43. The fourth-order valence-electron chi connectivity index (χ4n) is 1.36. The molecule has 0 radical (unpaired) electrons. The van der Waals surface area contributed by atoms with E-state index in [2.05, 4.69) is 4.99 Å². The second kappa shape index (κ2) is 6.11. The Bertz CT molecular complexity index is 389. The van der Waals surface area contributed by atoms with E-state index in [4.69, 9.17) is 0 Å². The van der Waals surface area contributed by atoms with Crippen molar-refractivity contribution in [3.8, 4) is 0 Å². The van der Waals surface area contributed by atoms with Gasteiger partial charge in [-0.1, -0.05) is 53.9 Å². The minimum absolute atomic E-state index is 0.180. The zero-order valence-electron chi connectivity index (χ0n) is 8.89. The summed E-state index contributed by atoms with van der Waals surface area (Å²) in [6.07, 6.45) is 1.15. The maximum Gasteiger partial charge on any atom is 0.173 e. The number of Topliss-reactive ketones (excluding diaryl/α,β-unsaturated/α-hetero) is 1. The molecule has 0 unspecified atom stereocenters. The second-order valence-corrected chi connectivity index (χ2v) is 5.73. The molecule has 2 rings (SSSR count). The van der Waals surface area contributed by atoms with Gasteiger partial charge in [-0.3, -0.25) is 9.79 Å². The van der Waals surface area contributed by atoms with Crippen LogP contribution in [0, 0.1) is 0 Å². The van der Waals surface area contributed by atoms with Gasteiger partial charge in [-0.2, -0.15) is 0 Å². The predicted octanol–water partition coefficient (Wildman–Crippen LogP) is 3.10. The molecule has 0 bridgehead atoms. The summed E-state index contributed by atoms with van der Waals surface area (Å²) in [4.78, 5) is 16.2. The Morgan fingerprint density at radius 1 is 1.38 bits per heavy atom. The molecule has 1 aromatic carbocycles. The molecule has 0 saturated heterocycles. The maximum absolute atomic E-state index is 11.8. The Balaban J connectivity index is 1.86. The molecular formula is C12H13NOS2. The lowest BCUT2D eigenvalue weighted by atomic mass is 10.2. The summed E-state index contributed by atoms with van der Waals surface area (Å²) in [7, 11) is 0. The Morgan fingerprint density at radius 3 is 2.88 bits per heavy atom. The summed E-state index contributed by atoms with van der Waals surface area (Å²) >= 11 is 3.32. The summed E-state index contributed by atoms with van der Waals surface area (Å²) < 4.78 is 1.07. The Hall–Kier alpha value is -0.740. The van der Waals surface area contributed by atoms with Crippen molar-refractivity contribution in [2.45, 2.75) is 6.42 Å². The number of nitrogens with zero attached hydrogens (tertiary/aromatic N) is 1. The summed E-state index contributed by atoms with van der Waals surface area (Å²) in [6.45, 7) is 0.912. The SMILES string of the molecule is O=C(CSC1=NCCCS1)c1ccccc1.